The molecule has 0 spiro atoms. The molecule has 1 atom stereocenters. The van der Waals surface area contributed by atoms with Gasteiger partial charge in [0.15, 0.2) is 11.5 Å². The molecule has 3 N–H and O–H groups in total. The van der Waals surface area contributed by atoms with E-state index in [0.29, 0.717) is 11.5 Å². The molecule has 2 heterocycles. The average molecular weight is 235 g/mol. The number of carbonyl (C=O) groups excluding carboxylic acids is 1. The van der Waals surface area contributed by atoms with Gasteiger partial charge in [-0.3, -0.25) is 9.78 Å². The molecule has 0 saturated carbocycles. The Labute approximate surface area is 97.2 Å². The predicted molar refractivity (Wildman–Crippen MR) is 60.0 cm³/mol. The Balaban J connectivity index is 2.34. The van der Waals surface area contributed by atoms with Gasteiger partial charge in [-0.05, 0) is 16.3 Å². The molecule has 0 aliphatic carbocycles. The van der Waals surface area contributed by atoms with Crippen LogP contribution in [-0.2, 0) is 4.79 Å². The van der Waals surface area contributed by atoms with E-state index in [1.807, 2.05) is 13.8 Å². The van der Waals surface area contributed by atoms with Crippen LogP contribution in [0.1, 0.15) is 13.8 Å². The monoisotopic (exact) mass is 235 g/mol. The van der Waals surface area contributed by atoms with Crippen LogP contribution >= 0.6 is 0 Å². The number of anilines is 1. The number of nitrogens with two attached hydrogens (primary N) is 1. The van der Waals surface area contributed by atoms with Gasteiger partial charge >= 0.3 is 0 Å². The van der Waals surface area contributed by atoms with Crippen molar-refractivity contribution in [3.05, 3.63) is 12.4 Å². The maximum Gasteiger partial charge on any atom is 0.240 e. The Bertz CT molecular complexity index is 535. The van der Waals surface area contributed by atoms with Crippen molar-refractivity contribution >= 4 is 17.4 Å². The minimum Gasteiger partial charge on any atom is -0.368 e. The van der Waals surface area contributed by atoms with Crippen LogP contribution in [0.4, 0.5) is 5.82 Å². The molecule has 0 aromatic carbocycles. The van der Waals surface area contributed by atoms with E-state index >= 15 is 0 Å². The SMILES string of the molecule is CC(C)C(Nc1cncc2nnnn12)C(N)=O. The first-order chi connectivity index (χ1) is 8.09. The zero-order valence-electron chi connectivity index (χ0n) is 9.53. The summed E-state index contributed by atoms with van der Waals surface area (Å²) in [5.41, 5.74) is 5.82. The van der Waals surface area contributed by atoms with Crippen molar-refractivity contribution < 1.29 is 4.79 Å². The average Bonchev–Trinajstić information content (AvgIpc) is 2.73. The van der Waals surface area contributed by atoms with Crippen molar-refractivity contribution in [2.75, 3.05) is 5.32 Å². The lowest BCUT2D eigenvalue weighted by molar-refractivity contribution is -0.119. The zero-order chi connectivity index (χ0) is 12.4. The second kappa shape index (κ2) is 4.32. The number of hydrogen-bond acceptors (Lipinski definition) is 6. The number of primary amides is 1. The van der Waals surface area contributed by atoms with Gasteiger partial charge < -0.3 is 11.1 Å². The van der Waals surface area contributed by atoms with Gasteiger partial charge in [0.1, 0.15) is 6.04 Å². The van der Waals surface area contributed by atoms with E-state index in [2.05, 4.69) is 25.8 Å². The molecular formula is C9H13N7O. The van der Waals surface area contributed by atoms with Crippen molar-refractivity contribution in [2.45, 2.75) is 19.9 Å². The molecule has 17 heavy (non-hydrogen) atoms. The van der Waals surface area contributed by atoms with Gasteiger partial charge in [0.05, 0.1) is 12.4 Å². The van der Waals surface area contributed by atoms with E-state index in [-0.39, 0.29) is 5.92 Å². The maximum atomic E-state index is 11.3. The van der Waals surface area contributed by atoms with Crippen LogP contribution in [0, 0.1) is 5.92 Å². The summed E-state index contributed by atoms with van der Waals surface area (Å²) in [6.07, 6.45) is 3.07. The van der Waals surface area contributed by atoms with Gasteiger partial charge in [-0.25, -0.2) is 0 Å². The highest BCUT2D eigenvalue weighted by atomic mass is 16.1. The van der Waals surface area contributed by atoms with Gasteiger partial charge in [0.25, 0.3) is 0 Å². The van der Waals surface area contributed by atoms with Crippen molar-refractivity contribution in [3.8, 4) is 0 Å². The summed E-state index contributed by atoms with van der Waals surface area (Å²) in [7, 11) is 0. The number of fused-ring (bicyclic) bond motifs is 1. The first-order valence-electron chi connectivity index (χ1n) is 5.17. The van der Waals surface area contributed by atoms with E-state index in [1.54, 1.807) is 6.20 Å². The highest BCUT2D eigenvalue weighted by Crippen LogP contribution is 2.11. The second-order valence-electron chi connectivity index (χ2n) is 4.01. The molecular weight excluding hydrogens is 222 g/mol. The number of rotatable bonds is 4. The van der Waals surface area contributed by atoms with Gasteiger partial charge in [0, 0.05) is 0 Å². The standard InChI is InChI=1S/C9H13N7O/c1-5(2)8(9(10)17)12-6-3-11-4-7-13-14-15-16(6)7/h3-5,8,12H,1-2H3,(H2,10,17). The largest absolute Gasteiger partial charge is 0.368 e. The topological polar surface area (TPSA) is 111 Å². The molecule has 8 heteroatoms. The molecule has 0 aliphatic rings. The van der Waals surface area contributed by atoms with Crippen molar-refractivity contribution in [1.29, 1.82) is 0 Å². The molecule has 0 fully saturated rings. The highest BCUT2D eigenvalue weighted by Gasteiger charge is 2.20. The molecule has 0 radical (unpaired) electrons. The molecule has 2 aromatic rings. The summed E-state index contributed by atoms with van der Waals surface area (Å²) in [5, 5.41) is 14.1. The summed E-state index contributed by atoms with van der Waals surface area (Å²) in [6, 6.07) is -0.494. The van der Waals surface area contributed by atoms with Crippen LogP contribution in [0.3, 0.4) is 0 Å². The maximum absolute atomic E-state index is 11.3. The number of aromatic nitrogens is 5. The number of carbonyl (C=O) groups is 1. The van der Waals surface area contributed by atoms with Gasteiger partial charge in [-0.1, -0.05) is 13.8 Å². The molecule has 0 aliphatic heterocycles. The molecule has 1 amide bonds. The molecule has 90 valence electrons. The Hall–Kier alpha value is -2.25. The molecule has 0 saturated heterocycles. The number of tetrazole rings is 1. The van der Waals surface area contributed by atoms with Crippen LogP contribution in [0.5, 0.6) is 0 Å². The molecule has 2 rings (SSSR count). The van der Waals surface area contributed by atoms with E-state index in [9.17, 15) is 4.79 Å². The Kier molecular flexibility index (Phi) is 2.86. The molecule has 0 bridgehead atoms. The quantitative estimate of drug-likeness (QED) is 0.734. The van der Waals surface area contributed by atoms with Crippen LogP contribution in [0.2, 0.25) is 0 Å². The molecule has 8 nitrogen and oxygen atoms in total. The van der Waals surface area contributed by atoms with Crippen LogP contribution < -0.4 is 11.1 Å². The zero-order valence-corrected chi connectivity index (χ0v) is 9.53. The van der Waals surface area contributed by atoms with Crippen molar-refractivity contribution in [3.63, 3.8) is 0 Å². The van der Waals surface area contributed by atoms with E-state index < -0.39 is 11.9 Å². The van der Waals surface area contributed by atoms with Crippen LogP contribution in [0.25, 0.3) is 5.65 Å². The number of nitrogens with one attached hydrogen (secondary N) is 1. The number of nitrogens with zero attached hydrogens (tertiary/aromatic N) is 5. The number of amides is 1. The minimum atomic E-state index is -0.494. The third-order valence-electron chi connectivity index (χ3n) is 2.39. The molecule has 2 aromatic heterocycles. The van der Waals surface area contributed by atoms with Crippen LogP contribution in [0.15, 0.2) is 12.4 Å². The minimum absolute atomic E-state index is 0.0548. The van der Waals surface area contributed by atoms with E-state index in [0.717, 1.165) is 0 Å². The van der Waals surface area contributed by atoms with E-state index in [4.69, 9.17) is 5.73 Å². The lowest BCUT2D eigenvalue weighted by Gasteiger charge is -2.19. The van der Waals surface area contributed by atoms with Crippen molar-refractivity contribution in [2.24, 2.45) is 11.7 Å². The summed E-state index contributed by atoms with van der Waals surface area (Å²) >= 11 is 0. The Morgan fingerprint density at radius 2 is 2.24 bits per heavy atom. The number of hydrogen-bond donors (Lipinski definition) is 2. The first kappa shape index (κ1) is 11.2. The third-order valence-corrected chi connectivity index (χ3v) is 2.39. The predicted octanol–water partition coefficient (Wildman–Crippen LogP) is -0.559. The second-order valence-corrected chi connectivity index (χ2v) is 4.01. The fraction of sp³-hybridized carbons (Fsp3) is 0.444. The first-order valence-corrected chi connectivity index (χ1v) is 5.17. The Morgan fingerprint density at radius 3 is 2.88 bits per heavy atom. The van der Waals surface area contributed by atoms with Gasteiger partial charge in [-0.2, -0.15) is 4.52 Å². The Morgan fingerprint density at radius 1 is 1.47 bits per heavy atom. The van der Waals surface area contributed by atoms with Crippen LogP contribution in [-0.4, -0.2) is 37.0 Å². The fourth-order valence-corrected chi connectivity index (χ4v) is 1.50. The summed E-state index contributed by atoms with van der Waals surface area (Å²) in [6.45, 7) is 3.80. The fourth-order valence-electron chi connectivity index (χ4n) is 1.50. The summed E-state index contributed by atoms with van der Waals surface area (Å²) in [4.78, 5) is 15.3. The smallest absolute Gasteiger partial charge is 0.240 e. The van der Waals surface area contributed by atoms with Gasteiger partial charge in [-0.15, -0.1) is 5.10 Å². The van der Waals surface area contributed by atoms with E-state index in [1.165, 1.54) is 10.7 Å². The third kappa shape index (κ3) is 2.14. The normalized spacial score (nSPS) is 12.9. The summed E-state index contributed by atoms with van der Waals surface area (Å²) in [5.74, 6) is 0.161. The van der Waals surface area contributed by atoms with Crippen molar-refractivity contribution in [1.82, 2.24) is 25.0 Å². The van der Waals surface area contributed by atoms with Gasteiger partial charge in [0.2, 0.25) is 5.91 Å². The highest BCUT2D eigenvalue weighted by molar-refractivity contribution is 5.83. The lowest BCUT2D eigenvalue weighted by Crippen LogP contribution is -2.40. The lowest BCUT2D eigenvalue weighted by atomic mass is 10.0. The molecule has 1 unspecified atom stereocenters. The summed E-state index contributed by atoms with van der Waals surface area (Å²) < 4.78 is 1.46.